The highest BCUT2D eigenvalue weighted by Crippen LogP contribution is 2.32. The fourth-order valence-corrected chi connectivity index (χ4v) is 1.29. The number of nitrogens with zero attached hydrogens (tertiary/aromatic N) is 2. The number of halogens is 3. The molecule has 0 fully saturated rings. The number of nitrogens with one attached hydrogen (secondary N) is 1. The second-order valence-corrected chi connectivity index (χ2v) is 3.32. The number of hydrogen-bond acceptors (Lipinski definition) is 5. The predicted octanol–water partition coefficient (Wildman–Crippen LogP) is 1.42. The number of aromatic nitrogens is 2. The predicted molar refractivity (Wildman–Crippen MR) is 48.3 cm³/mol. The zero-order valence-electron chi connectivity index (χ0n) is 7.66. The molecular formula is C6H4F3N3O3S. The van der Waals surface area contributed by atoms with Gasteiger partial charge in [-0.15, -0.1) is 0 Å². The van der Waals surface area contributed by atoms with Gasteiger partial charge in [0.25, 0.3) is 0 Å². The zero-order chi connectivity index (χ0) is 12.5. The van der Waals surface area contributed by atoms with Gasteiger partial charge in [-0.2, -0.15) is 13.2 Å². The molecule has 0 bridgehead atoms. The molecule has 16 heavy (non-hydrogen) atoms. The van der Waals surface area contributed by atoms with E-state index in [1.807, 2.05) is 4.98 Å². The Morgan fingerprint density at radius 1 is 1.50 bits per heavy atom. The van der Waals surface area contributed by atoms with Gasteiger partial charge in [-0.05, 0) is 6.26 Å². The van der Waals surface area contributed by atoms with Crippen molar-refractivity contribution in [3.63, 3.8) is 0 Å². The van der Waals surface area contributed by atoms with Crippen LogP contribution in [0.4, 0.5) is 18.9 Å². The summed E-state index contributed by atoms with van der Waals surface area (Å²) in [6.45, 7) is 0. The Morgan fingerprint density at radius 2 is 2.06 bits per heavy atom. The van der Waals surface area contributed by atoms with E-state index in [0.29, 0.717) is 0 Å². The molecule has 0 atom stereocenters. The van der Waals surface area contributed by atoms with E-state index in [4.69, 9.17) is 0 Å². The number of hydrogen-bond donors (Lipinski definition) is 1. The molecule has 0 aromatic carbocycles. The Hall–Kier alpha value is -1.58. The molecule has 6 nitrogen and oxygen atoms in total. The van der Waals surface area contributed by atoms with E-state index in [-0.39, 0.29) is 5.16 Å². The summed E-state index contributed by atoms with van der Waals surface area (Å²) in [5, 5.41) is 10.00. The van der Waals surface area contributed by atoms with Gasteiger partial charge < -0.3 is 0 Å². The Bertz CT molecular complexity index is 484. The highest BCUT2D eigenvalue weighted by Gasteiger charge is 2.42. The summed E-state index contributed by atoms with van der Waals surface area (Å²) in [5.74, 6) is 0. The molecule has 1 N–H and O–H groups in total. The van der Waals surface area contributed by atoms with E-state index in [1.54, 1.807) is 0 Å². The van der Waals surface area contributed by atoms with Crippen LogP contribution in [0, 0.1) is 10.1 Å². The van der Waals surface area contributed by atoms with Crippen molar-refractivity contribution < 1.29 is 18.1 Å². The molecule has 1 rings (SSSR count). The molecule has 0 unspecified atom stereocenters. The molecule has 0 aliphatic heterocycles. The van der Waals surface area contributed by atoms with Gasteiger partial charge >= 0.3 is 17.4 Å². The molecule has 0 saturated carbocycles. The molecule has 0 radical (unpaired) electrons. The lowest BCUT2D eigenvalue weighted by Gasteiger charge is -2.06. The first-order valence-electron chi connectivity index (χ1n) is 3.67. The number of alkyl halides is 3. The fraction of sp³-hybridized carbons (Fsp3) is 0.333. The van der Waals surface area contributed by atoms with Crippen molar-refractivity contribution in [3.8, 4) is 0 Å². The van der Waals surface area contributed by atoms with E-state index in [9.17, 15) is 28.1 Å². The first kappa shape index (κ1) is 12.5. The van der Waals surface area contributed by atoms with Crippen LogP contribution in [0.1, 0.15) is 5.69 Å². The zero-order valence-corrected chi connectivity index (χ0v) is 8.48. The van der Waals surface area contributed by atoms with Crippen LogP contribution < -0.4 is 5.56 Å². The summed E-state index contributed by atoms with van der Waals surface area (Å²) in [6, 6.07) is 0. The summed E-state index contributed by atoms with van der Waals surface area (Å²) in [5.41, 5.74) is -4.80. The largest absolute Gasteiger partial charge is 0.440 e. The molecule has 1 aromatic rings. The van der Waals surface area contributed by atoms with Gasteiger partial charge in [-0.25, -0.2) is 4.98 Å². The maximum Gasteiger partial charge on any atom is 0.440 e. The van der Waals surface area contributed by atoms with Crippen molar-refractivity contribution in [1.29, 1.82) is 0 Å². The van der Waals surface area contributed by atoms with Crippen molar-refractivity contribution in [2.75, 3.05) is 6.26 Å². The second-order valence-electron chi connectivity index (χ2n) is 2.53. The Labute approximate surface area is 90.0 Å². The molecule has 0 aliphatic rings. The first-order valence-corrected chi connectivity index (χ1v) is 4.89. The summed E-state index contributed by atoms with van der Waals surface area (Å²) in [4.78, 5) is 24.8. The summed E-state index contributed by atoms with van der Waals surface area (Å²) >= 11 is 0.744. The van der Waals surface area contributed by atoms with E-state index in [0.717, 1.165) is 11.8 Å². The number of nitro groups is 1. The fourth-order valence-electron chi connectivity index (χ4n) is 0.910. The molecule has 0 aliphatic carbocycles. The average molecular weight is 255 g/mol. The van der Waals surface area contributed by atoms with Crippen LogP contribution in [0.2, 0.25) is 0 Å². The molecule has 0 spiro atoms. The maximum absolute atomic E-state index is 12.4. The summed E-state index contributed by atoms with van der Waals surface area (Å²) in [6.07, 6.45) is -3.66. The van der Waals surface area contributed by atoms with Gasteiger partial charge in [0.15, 0.2) is 5.16 Å². The third-order valence-electron chi connectivity index (χ3n) is 1.52. The van der Waals surface area contributed by atoms with E-state index in [1.165, 1.54) is 6.26 Å². The van der Waals surface area contributed by atoms with E-state index < -0.39 is 28.0 Å². The van der Waals surface area contributed by atoms with Gasteiger partial charge in [0.05, 0.1) is 4.92 Å². The van der Waals surface area contributed by atoms with Crippen LogP contribution in [-0.4, -0.2) is 21.1 Å². The quantitative estimate of drug-likeness (QED) is 0.373. The number of rotatable bonds is 2. The smallest absolute Gasteiger partial charge is 0.296 e. The van der Waals surface area contributed by atoms with Crippen molar-refractivity contribution >= 4 is 17.4 Å². The minimum atomic E-state index is -5.04. The van der Waals surface area contributed by atoms with Crippen molar-refractivity contribution in [2.45, 2.75) is 11.3 Å². The highest BCUT2D eigenvalue weighted by atomic mass is 32.2. The second kappa shape index (κ2) is 4.12. The van der Waals surface area contributed by atoms with Gasteiger partial charge in [0.1, 0.15) is 0 Å². The third-order valence-corrected chi connectivity index (χ3v) is 2.10. The number of thioether (sulfide) groups is 1. The average Bonchev–Trinajstić information content (AvgIpc) is 2.14. The molecule has 0 amide bonds. The molecule has 1 heterocycles. The van der Waals surface area contributed by atoms with Crippen molar-refractivity contribution in [2.24, 2.45) is 0 Å². The molecule has 10 heteroatoms. The highest BCUT2D eigenvalue weighted by molar-refractivity contribution is 7.98. The lowest BCUT2D eigenvalue weighted by molar-refractivity contribution is -0.390. The molecule has 0 saturated heterocycles. The standard InChI is InChI=1S/C6H4F3N3O3S/c1-16-5-10-3(6(7,8)9)2(12(14)15)4(13)11-5/h1H3,(H,10,11,13). The minimum Gasteiger partial charge on any atom is -0.296 e. The van der Waals surface area contributed by atoms with Crippen molar-refractivity contribution in [1.82, 2.24) is 9.97 Å². The summed E-state index contributed by atoms with van der Waals surface area (Å²) in [7, 11) is 0. The lowest BCUT2D eigenvalue weighted by Crippen LogP contribution is -2.22. The van der Waals surface area contributed by atoms with Gasteiger partial charge in [0, 0.05) is 0 Å². The number of H-pyrrole nitrogens is 1. The van der Waals surface area contributed by atoms with Crippen LogP contribution >= 0.6 is 11.8 Å². The van der Waals surface area contributed by atoms with E-state index in [2.05, 4.69) is 4.98 Å². The third kappa shape index (κ3) is 2.32. The number of aromatic amines is 1. The molecule has 88 valence electrons. The lowest BCUT2D eigenvalue weighted by atomic mass is 10.3. The Morgan fingerprint density at radius 3 is 2.44 bits per heavy atom. The molecular weight excluding hydrogens is 251 g/mol. The Kier molecular flexibility index (Phi) is 3.21. The normalized spacial score (nSPS) is 11.5. The minimum absolute atomic E-state index is 0.331. The van der Waals surface area contributed by atoms with Gasteiger partial charge in [-0.3, -0.25) is 19.9 Å². The maximum atomic E-state index is 12.4. The van der Waals surface area contributed by atoms with Crippen LogP contribution in [0.3, 0.4) is 0 Å². The SMILES string of the molecule is CSc1nc(C(F)(F)F)c([N+](=O)[O-])c(=O)[nH]1. The van der Waals surface area contributed by atoms with Crippen LogP contribution in [0.15, 0.2) is 9.95 Å². The summed E-state index contributed by atoms with van der Waals surface area (Å²) < 4.78 is 37.1. The van der Waals surface area contributed by atoms with Crippen LogP contribution in [-0.2, 0) is 6.18 Å². The van der Waals surface area contributed by atoms with E-state index >= 15 is 0 Å². The topological polar surface area (TPSA) is 88.9 Å². The monoisotopic (exact) mass is 255 g/mol. The van der Waals surface area contributed by atoms with Gasteiger partial charge in [-0.1, -0.05) is 11.8 Å². The van der Waals surface area contributed by atoms with Crippen LogP contribution in [0.5, 0.6) is 0 Å². The van der Waals surface area contributed by atoms with Crippen molar-refractivity contribution in [3.05, 3.63) is 26.2 Å². The van der Waals surface area contributed by atoms with Gasteiger partial charge in [0.2, 0.25) is 5.69 Å². The first-order chi connectivity index (χ1) is 7.27. The molecule has 1 aromatic heterocycles. The Balaban J connectivity index is 3.60. The van der Waals surface area contributed by atoms with Crippen LogP contribution in [0.25, 0.3) is 0 Å².